The van der Waals surface area contributed by atoms with Crippen LogP contribution in [0.4, 0.5) is 0 Å². The van der Waals surface area contributed by atoms with E-state index >= 15 is 0 Å². The largest absolute Gasteiger partial charge is 0.477 e. The maximum absolute atomic E-state index is 11.5. The summed E-state index contributed by atoms with van der Waals surface area (Å²) in [5.41, 5.74) is 5.39. The van der Waals surface area contributed by atoms with Crippen molar-refractivity contribution in [3.05, 3.63) is 23.9 Å². The highest BCUT2D eigenvalue weighted by atomic mass is 32.2. The van der Waals surface area contributed by atoms with Gasteiger partial charge in [0.05, 0.1) is 0 Å². The molecule has 2 aliphatic rings. The summed E-state index contributed by atoms with van der Waals surface area (Å²) in [7, 11) is 0. The lowest BCUT2D eigenvalue weighted by Crippen LogP contribution is -2.68. The minimum atomic E-state index is -1.29. The fourth-order valence-corrected chi connectivity index (χ4v) is 3.13. The van der Waals surface area contributed by atoms with Gasteiger partial charge in [-0.15, -0.1) is 11.8 Å². The van der Waals surface area contributed by atoms with Gasteiger partial charge in [-0.3, -0.25) is 14.5 Å². The van der Waals surface area contributed by atoms with Crippen molar-refractivity contribution in [2.24, 2.45) is 5.73 Å². The molecular formula is C10H10N2O4S. The highest BCUT2D eigenvalue weighted by Crippen LogP contribution is 2.39. The van der Waals surface area contributed by atoms with E-state index in [1.807, 2.05) is 0 Å². The Hall–Kier alpha value is -1.60. The SMILES string of the molecule is C=CC(=O)C1=C(C(=O)O)N2C(=O)C(N)[C@H]2SC1. The average molecular weight is 254 g/mol. The number of carboxylic acids is 1. The fourth-order valence-electron chi connectivity index (χ4n) is 1.83. The number of thioether (sulfide) groups is 1. The minimum Gasteiger partial charge on any atom is -0.477 e. The van der Waals surface area contributed by atoms with E-state index in [2.05, 4.69) is 6.58 Å². The molecule has 0 aromatic carbocycles. The van der Waals surface area contributed by atoms with Crippen molar-refractivity contribution in [1.29, 1.82) is 0 Å². The number of carbonyl (C=O) groups is 3. The normalized spacial score (nSPS) is 27.4. The number of hydrogen-bond donors (Lipinski definition) is 2. The number of fused-ring (bicyclic) bond motifs is 1. The average Bonchev–Trinajstić information content (AvgIpc) is 2.34. The summed E-state index contributed by atoms with van der Waals surface area (Å²) in [6.07, 6.45) is 1.04. The fraction of sp³-hybridized carbons (Fsp3) is 0.300. The molecule has 0 bridgehead atoms. The molecule has 7 heteroatoms. The second-order valence-electron chi connectivity index (χ2n) is 3.64. The Kier molecular flexibility index (Phi) is 2.80. The van der Waals surface area contributed by atoms with E-state index < -0.39 is 23.7 Å². The van der Waals surface area contributed by atoms with Crippen LogP contribution in [0.2, 0.25) is 0 Å². The molecule has 0 spiro atoms. The third-order valence-corrected chi connectivity index (χ3v) is 4.00. The van der Waals surface area contributed by atoms with Crippen molar-refractivity contribution in [3.8, 4) is 0 Å². The van der Waals surface area contributed by atoms with Crippen LogP contribution < -0.4 is 5.73 Å². The molecule has 1 saturated heterocycles. The van der Waals surface area contributed by atoms with E-state index in [4.69, 9.17) is 10.8 Å². The number of rotatable bonds is 3. The van der Waals surface area contributed by atoms with Crippen molar-refractivity contribution >= 4 is 29.4 Å². The molecule has 2 rings (SSSR count). The molecule has 0 radical (unpaired) electrons. The quantitative estimate of drug-likeness (QED) is 0.511. The Balaban J connectivity index is 2.47. The van der Waals surface area contributed by atoms with Crippen molar-refractivity contribution in [2.45, 2.75) is 11.4 Å². The smallest absolute Gasteiger partial charge is 0.353 e. The van der Waals surface area contributed by atoms with E-state index in [-0.39, 0.29) is 22.4 Å². The van der Waals surface area contributed by atoms with Crippen LogP contribution >= 0.6 is 11.8 Å². The Morgan fingerprint density at radius 2 is 2.24 bits per heavy atom. The maximum Gasteiger partial charge on any atom is 0.353 e. The van der Waals surface area contributed by atoms with E-state index in [0.29, 0.717) is 0 Å². The third-order valence-electron chi connectivity index (χ3n) is 2.69. The van der Waals surface area contributed by atoms with Gasteiger partial charge in [-0.05, 0) is 6.08 Å². The van der Waals surface area contributed by atoms with Crippen LogP contribution in [-0.2, 0) is 14.4 Å². The maximum atomic E-state index is 11.5. The predicted octanol–water partition coefficient (Wildman–Crippen LogP) is -0.677. The molecule has 0 saturated carbocycles. The molecule has 1 amide bonds. The van der Waals surface area contributed by atoms with Gasteiger partial charge in [-0.25, -0.2) is 4.79 Å². The molecule has 2 atom stereocenters. The van der Waals surface area contributed by atoms with Crippen molar-refractivity contribution < 1.29 is 19.5 Å². The van der Waals surface area contributed by atoms with Crippen LogP contribution in [-0.4, -0.2) is 44.8 Å². The Bertz CT molecular complexity index is 471. The first-order valence-electron chi connectivity index (χ1n) is 4.82. The van der Waals surface area contributed by atoms with Gasteiger partial charge in [-0.2, -0.15) is 0 Å². The highest BCUT2D eigenvalue weighted by molar-refractivity contribution is 8.00. The highest BCUT2D eigenvalue weighted by Gasteiger charge is 2.52. The molecule has 6 nitrogen and oxygen atoms in total. The molecule has 90 valence electrons. The van der Waals surface area contributed by atoms with Gasteiger partial charge >= 0.3 is 5.97 Å². The van der Waals surface area contributed by atoms with Gasteiger partial charge in [0.2, 0.25) is 5.91 Å². The first kappa shape index (κ1) is 11.9. The van der Waals surface area contributed by atoms with Gasteiger partial charge in [0, 0.05) is 11.3 Å². The lowest BCUT2D eigenvalue weighted by molar-refractivity contribution is -0.148. The lowest BCUT2D eigenvalue weighted by atomic mass is 10.0. The number of allylic oxidation sites excluding steroid dienone is 1. The molecule has 0 aliphatic carbocycles. The van der Waals surface area contributed by atoms with E-state index in [9.17, 15) is 14.4 Å². The molecule has 1 unspecified atom stereocenters. The van der Waals surface area contributed by atoms with Gasteiger partial charge < -0.3 is 10.8 Å². The first-order valence-corrected chi connectivity index (χ1v) is 5.87. The summed E-state index contributed by atoms with van der Waals surface area (Å²) < 4.78 is 0. The topological polar surface area (TPSA) is 101 Å². The number of carbonyl (C=O) groups excluding carboxylic acids is 2. The van der Waals surface area contributed by atoms with Crippen molar-refractivity contribution in [3.63, 3.8) is 0 Å². The molecule has 0 aromatic rings. The number of nitrogens with zero attached hydrogens (tertiary/aromatic N) is 1. The van der Waals surface area contributed by atoms with Gasteiger partial charge in [-0.1, -0.05) is 6.58 Å². The van der Waals surface area contributed by atoms with Crippen molar-refractivity contribution in [1.82, 2.24) is 4.90 Å². The number of β-lactam (4-membered cyclic amide) rings is 1. The predicted molar refractivity (Wildman–Crippen MR) is 60.9 cm³/mol. The monoisotopic (exact) mass is 254 g/mol. The number of ketones is 1. The number of carboxylic acid groups (broad SMARTS) is 1. The number of amides is 1. The van der Waals surface area contributed by atoms with E-state index in [1.54, 1.807) is 0 Å². The summed E-state index contributed by atoms with van der Waals surface area (Å²) >= 11 is 1.29. The zero-order chi connectivity index (χ0) is 12.7. The molecule has 0 aromatic heterocycles. The standard InChI is InChI=1S/C10H10N2O4S/c1-2-5(13)4-3-17-9-6(11)8(14)12(9)7(4)10(15)16/h2,6,9H,1,3,11H2,(H,15,16)/t6?,9-/m1/s1. The Labute approximate surface area is 101 Å². The second-order valence-corrected chi connectivity index (χ2v) is 4.74. The van der Waals surface area contributed by atoms with Crippen LogP contribution in [0.5, 0.6) is 0 Å². The van der Waals surface area contributed by atoms with E-state index in [0.717, 1.165) is 11.0 Å². The lowest BCUT2D eigenvalue weighted by Gasteiger charge is -2.47. The summed E-state index contributed by atoms with van der Waals surface area (Å²) in [4.78, 5) is 35.3. The number of aliphatic carboxylic acids is 1. The van der Waals surface area contributed by atoms with Gasteiger partial charge in [0.1, 0.15) is 17.1 Å². The van der Waals surface area contributed by atoms with Crippen LogP contribution in [0.3, 0.4) is 0 Å². The summed E-state index contributed by atoms with van der Waals surface area (Å²) in [5.74, 6) is -1.99. The van der Waals surface area contributed by atoms with Gasteiger partial charge in [0.15, 0.2) is 5.78 Å². The molecular weight excluding hydrogens is 244 g/mol. The Morgan fingerprint density at radius 1 is 1.59 bits per heavy atom. The minimum absolute atomic E-state index is 0.0917. The summed E-state index contributed by atoms with van der Waals surface area (Å²) in [5, 5.41) is 8.71. The molecule has 17 heavy (non-hydrogen) atoms. The van der Waals surface area contributed by atoms with Crippen LogP contribution in [0.15, 0.2) is 23.9 Å². The van der Waals surface area contributed by atoms with Crippen molar-refractivity contribution in [2.75, 3.05) is 5.75 Å². The van der Waals surface area contributed by atoms with Crippen LogP contribution in [0.1, 0.15) is 0 Å². The first-order chi connectivity index (χ1) is 7.99. The summed E-state index contributed by atoms with van der Waals surface area (Å²) in [6, 6.07) is -0.685. The zero-order valence-corrected chi connectivity index (χ0v) is 9.57. The molecule has 3 N–H and O–H groups in total. The Morgan fingerprint density at radius 3 is 2.76 bits per heavy atom. The van der Waals surface area contributed by atoms with Crippen LogP contribution in [0.25, 0.3) is 0 Å². The molecule has 1 fully saturated rings. The number of hydrogen-bond acceptors (Lipinski definition) is 5. The van der Waals surface area contributed by atoms with Crippen LogP contribution in [0, 0.1) is 0 Å². The number of nitrogens with two attached hydrogens (primary N) is 1. The van der Waals surface area contributed by atoms with Gasteiger partial charge in [0.25, 0.3) is 0 Å². The molecule has 2 heterocycles. The third kappa shape index (κ3) is 1.58. The second kappa shape index (κ2) is 4.01. The van der Waals surface area contributed by atoms with E-state index in [1.165, 1.54) is 11.8 Å². The zero-order valence-electron chi connectivity index (χ0n) is 8.75. The molecule has 2 aliphatic heterocycles. The summed E-state index contributed by atoms with van der Waals surface area (Å²) in [6.45, 7) is 3.31.